The summed E-state index contributed by atoms with van der Waals surface area (Å²) >= 11 is 0. The van der Waals surface area contributed by atoms with Crippen LogP contribution >= 0.6 is 0 Å². The molecule has 1 aromatic rings. The molecule has 2 N–H and O–H groups in total. The highest BCUT2D eigenvalue weighted by atomic mass is 16.5. The lowest BCUT2D eigenvalue weighted by atomic mass is 10.1. The molecule has 1 saturated heterocycles. The molecule has 7 heteroatoms. The highest BCUT2D eigenvalue weighted by Crippen LogP contribution is 2.12. The number of nitrogens with one attached hydrogen (secondary N) is 2. The molecule has 1 aliphatic rings. The molecule has 0 unspecified atom stereocenters. The molecule has 0 aromatic carbocycles. The molecular weight excluding hydrogens is 334 g/mol. The van der Waals surface area contributed by atoms with Crippen molar-refractivity contribution in [2.75, 3.05) is 45.9 Å². The van der Waals surface area contributed by atoms with Gasteiger partial charge in [0.05, 0.1) is 31.6 Å². The largest absolute Gasteiger partial charge is 0.472 e. The monoisotopic (exact) mass is 366 g/mol. The van der Waals surface area contributed by atoms with E-state index >= 15 is 0 Å². The van der Waals surface area contributed by atoms with E-state index in [9.17, 15) is 9.59 Å². The van der Waals surface area contributed by atoms with Gasteiger partial charge in [-0.1, -0.05) is 6.92 Å². The Morgan fingerprint density at radius 3 is 2.77 bits per heavy atom. The van der Waals surface area contributed by atoms with Crippen LogP contribution in [0.5, 0.6) is 0 Å². The van der Waals surface area contributed by atoms with E-state index in [4.69, 9.17) is 9.15 Å². The molecule has 0 bridgehead atoms. The fraction of sp³-hybridized carbons (Fsp3) is 0.684. The molecule has 2 heterocycles. The van der Waals surface area contributed by atoms with Crippen LogP contribution in [0.1, 0.15) is 43.5 Å². The molecule has 1 atom stereocenters. The molecule has 2 amide bonds. The maximum absolute atomic E-state index is 12.6. The Hall–Kier alpha value is -1.86. The third-order valence-corrected chi connectivity index (χ3v) is 4.96. The zero-order valence-electron chi connectivity index (χ0n) is 16.0. The third-order valence-electron chi connectivity index (χ3n) is 4.96. The number of furan rings is 1. The summed E-state index contributed by atoms with van der Waals surface area (Å²) in [5.74, 6) is -0.0907. The Morgan fingerprint density at radius 1 is 1.35 bits per heavy atom. The van der Waals surface area contributed by atoms with Gasteiger partial charge in [0.2, 0.25) is 5.91 Å². The maximum Gasteiger partial charge on any atom is 0.257 e. The van der Waals surface area contributed by atoms with Crippen molar-refractivity contribution in [1.29, 1.82) is 0 Å². The number of rotatable bonds is 10. The van der Waals surface area contributed by atoms with Crippen LogP contribution in [0.15, 0.2) is 23.0 Å². The molecule has 0 spiro atoms. The molecule has 1 aliphatic heterocycles. The Bertz CT molecular complexity index is 541. The van der Waals surface area contributed by atoms with Gasteiger partial charge in [-0.3, -0.25) is 9.59 Å². The van der Waals surface area contributed by atoms with Crippen LogP contribution in [-0.2, 0) is 9.53 Å². The van der Waals surface area contributed by atoms with E-state index in [0.717, 1.165) is 45.7 Å². The lowest BCUT2D eigenvalue weighted by molar-refractivity contribution is -0.908. The summed E-state index contributed by atoms with van der Waals surface area (Å²) < 4.78 is 10.3. The highest BCUT2D eigenvalue weighted by Gasteiger charge is 2.22. The normalized spacial score (nSPS) is 16.2. The summed E-state index contributed by atoms with van der Waals surface area (Å²) in [5, 5.41) is 2.97. The molecule has 0 aliphatic carbocycles. The van der Waals surface area contributed by atoms with Crippen LogP contribution in [0.25, 0.3) is 0 Å². The van der Waals surface area contributed by atoms with E-state index in [-0.39, 0.29) is 17.9 Å². The first-order valence-corrected chi connectivity index (χ1v) is 9.63. The number of quaternary nitrogens is 1. The fourth-order valence-corrected chi connectivity index (χ4v) is 3.08. The average molecular weight is 366 g/mol. The van der Waals surface area contributed by atoms with Gasteiger partial charge < -0.3 is 24.3 Å². The zero-order chi connectivity index (χ0) is 18.8. The minimum atomic E-state index is -0.0863. The molecule has 1 fully saturated rings. The minimum absolute atomic E-state index is 0.00438. The number of amides is 2. The van der Waals surface area contributed by atoms with E-state index in [0.29, 0.717) is 25.1 Å². The van der Waals surface area contributed by atoms with Crippen molar-refractivity contribution in [3.8, 4) is 0 Å². The van der Waals surface area contributed by atoms with Gasteiger partial charge in [0.15, 0.2) is 0 Å². The molecule has 2 rings (SSSR count). The van der Waals surface area contributed by atoms with Gasteiger partial charge in [-0.25, -0.2) is 0 Å². The van der Waals surface area contributed by atoms with Crippen molar-refractivity contribution >= 4 is 11.8 Å². The number of ether oxygens (including phenoxy) is 1. The Labute approximate surface area is 155 Å². The number of morpholine rings is 1. The summed E-state index contributed by atoms with van der Waals surface area (Å²) in [7, 11) is 0. The highest BCUT2D eigenvalue weighted by molar-refractivity contribution is 5.94. The molecule has 26 heavy (non-hydrogen) atoms. The van der Waals surface area contributed by atoms with Crippen molar-refractivity contribution in [2.24, 2.45) is 0 Å². The second-order valence-electron chi connectivity index (χ2n) is 6.83. The van der Waals surface area contributed by atoms with Crippen LogP contribution in [0, 0.1) is 0 Å². The topological polar surface area (TPSA) is 76.2 Å². The first-order chi connectivity index (χ1) is 12.6. The smallest absolute Gasteiger partial charge is 0.257 e. The van der Waals surface area contributed by atoms with Gasteiger partial charge in [0.1, 0.15) is 19.4 Å². The molecule has 0 saturated carbocycles. The van der Waals surface area contributed by atoms with Gasteiger partial charge >= 0.3 is 0 Å². The van der Waals surface area contributed by atoms with Gasteiger partial charge in [0, 0.05) is 32.0 Å². The number of hydrogen-bond acceptors (Lipinski definition) is 4. The number of carbonyl (C=O) groups excluding carboxylic acids is 2. The lowest BCUT2D eigenvalue weighted by Gasteiger charge is -2.28. The van der Waals surface area contributed by atoms with E-state index in [1.165, 1.54) is 12.5 Å². The zero-order valence-corrected chi connectivity index (χ0v) is 16.0. The van der Waals surface area contributed by atoms with Gasteiger partial charge in [0.25, 0.3) is 5.91 Å². The first kappa shape index (κ1) is 20.5. The molecular formula is C19H32N3O4+. The van der Waals surface area contributed by atoms with E-state index < -0.39 is 0 Å². The SMILES string of the molecule is CC[C@@H](C)N(CCC(=O)NCCC[NH+]1CCOCC1)C(=O)c1ccoc1. The summed E-state index contributed by atoms with van der Waals surface area (Å²) in [6.07, 6.45) is 5.06. The minimum Gasteiger partial charge on any atom is -0.472 e. The van der Waals surface area contributed by atoms with Crippen molar-refractivity contribution in [1.82, 2.24) is 10.2 Å². The van der Waals surface area contributed by atoms with Gasteiger partial charge in [-0.15, -0.1) is 0 Å². The Morgan fingerprint density at radius 2 is 2.12 bits per heavy atom. The predicted octanol–water partition coefficient (Wildman–Crippen LogP) is 0.332. The maximum atomic E-state index is 12.6. The average Bonchev–Trinajstić information content (AvgIpc) is 3.20. The third kappa shape index (κ3) is 6.46. The van der Waals surface area contributed by atoms with Crippen LogP contribution in [0.4, 0.5) is 0 Å². The van der Waals surface area contributed by atoms with E-state index in [1.807, 2.05) is 13.8 Å². The summed E-state index contributed by atoms with van der Waals surface area (Å²) in [4.78, 5) is 28.0. The van der Waals surface area contributed by atoms with Crippen molar-refractivity contribution in [2.45, 2.75) is 39.2 Å². The van der Waals surface area contributed by atoms with Crippen LogP contribution < -0.4 is 10.2 Å². The quantitative estimate of drug-likeness (QED) is 0.585. The van der Waals surface area contributed by atoms with E-state index in [2.05, 4.69) is 5.32 Å². The molecule has 146 valence electrons. The fourth-order valence-electron chi connectivity index (χ4n) is 3.08. The van der Waals surface area contributed by atoms with Crippen molar-refractivity contribution < 1.29 is 23.6 Å². The molecule has 0 radical (unpaired) electrons. The van der Waals surface area contributed by atoms with Crippen LogP contribution in [0.3, 0.4) is 0 Å². The Balaban J connectivity index is 1.69. The second-order valence-corrected chi connectivity index (χ2v) is 6.83. The number of carbonyl (C=O) groups is 2. The van der Waals surface area contributed by atoms with Gasteiger partial charge in [-0.2, -0.15) is 0 Å². The number of nitrogens with zero attached hydrogens (tertiary/aromatic N) is 1. The van der Waals surface area contributed by atoms with Gasteiger partial charge in [-0.05, 0) is 19.4 Å². The predicted molar refractivity (Wildman–Crippen MR) is 98.1 cm³/mol. The van der Waals surface area contributed by atoms with Crippen LogP contribution in [0.2, 0.25) is 0 Å². The Kier molecular flexibility index (Phi) is 8.64. The second kappa shape index (κ2) is 11.0. The number of hydrogen-bond donors (Lipinski definition) is 2. The van der Waals surface area contributed by atoms with Crippen LogP contribution in [-0.4, -0.2) is 68.7 Å². The molecule has 1 aromatic heterocycles. The van der Waals surface area contributed by atoms with E-state index in [1.54, 1.807) is 15.9 Å². The lowest BCUT2D eigenvalue weighted by Crippen LogP contribution is -3.14. The van der Waals surface area contributed by atoms with Crippen molar-refractivity contribution in [3.05, 3.63) is 24.2 Å². The molecule has 7 nitrogen and oxygen atoms in total. The van der Waals surface area contributed by atoms with Crippen molar-refractivity contribution in [3.63, 3.8) is 0 Å². The standard InChI is InChI=1S/C19H31N3O4/c1-3-16(2)22(19(24)17-6-12-26-15-17)9-5-18(23)20-7-4-8-21-10-13-25-14-11-21/h6,12,15-16H,3-5,7-11,13-14H2,1-2H3,(H,20,23)/p+1/t16-/m1/s1. The summed E-state index contributed by atoms with van der Waals surface area (Å²) in [5.41, 5.74) is 0.527. The first-order valence-electron chi connectivity index (χ1n) is 9.63. The summed E-state index contributed by atoms with van der Waals surface area (Å²) in [6.45, 7) is 9.95. The summed E-state index contributed by atoms with van der Waals surface area (Å²) in [6, 6.07) is 1.74.